The first-order valence-electron chi connectivity index (χ1n) is 9.05. The van der Waals surface area contributed by atoms with Crippen LogP contribution in [0.1, 0.15) is 34.5 Å². The van der Waals surface area contributed by atoms with E-state index in [1.165, 1.54) is 0 Å². The van der Waals surface area contributed by atoms with Crippen LogP contribution in [0.3, 0.4) is 0 Å². The third-order valence-corrected chi connectivity index (χ3v) is 5.75. The molecule has 2 aromatic carbocycles. The molecule has 1 atom stereocenters. The fourth-order valence-electron chi connectivity index (χ4n) is 3.95. The van der Waals surface area contributed by atoms with Gasteiger partial charge in [-0.2, -0.15) is 0 Å². The van der Waals surface area contributed by atoms with Gasteiger partial charge in [-0.25, -0.2) is 0 Å². The van der Waals surface area contributed by atoms with Crippen LogP contribution >= 0.6 is 15.9 Å². The lowest BCUT2D eigenvalue weighted by Crippen LogP contribution is -2.29. The summed E-state index contributed by atoms with van der Waals surface area (Å²) in [4.78, 5) is 25.8. The van der Waals surface area contributed by atoms with Crippen LogP contribution in [-0.4, -0.2) is 17.3 Å². The van der Waals surface area contributed by atoms with Gasteiger partial charge in [0.15, 0.2) is 11.5 Å². The number of carbonyl (C=O) groups excluding carboxylic acids is 1. The Morgan fingerprint density at radius 2 is 2.07 bits per heavy atom. The molecule has 3 heterocycles. The number of nitrogens with one attached hydrogen (secondary N) is 1. The minimum atomic E-state index is -0.381. The first-order valence-corrected chi connectivity index (χ1v) is 9.84. The SMILES string of the molecule is C[C@@H]1Cc2cc(Br)cc3c(=O)c(C(=O)NCc4ccc5c(c4)OCO5)cn1c23. The lowest BCUT2D eigenvalue weighted by molar-refractivity contribution is 0.0949. The fourth-order valence-corrected chi connectivity index (χ4v) is 4.46. The minimum Gasteiger partial charge on any atom is -0.454 e. The van der Waals surface area contributed by atoms with Gasteiger partial charge >= 0.3 is 0 Å². The molecule has 5 rings (SSSR count). The molecular formula is C21H17BrN2O4. The number of amides is 1. The molecule has 1 N–H and O–H groups in total. The normalized spacial score (nSPS) is 16.6. The highest BCUT2D eigenvalue weighted by molar-refractivity contribution is 9.10. The molecule has 3 aromatic rings. The number of fused-ring (bicyclic) bond motifs is 1. The number of halogens is 1. The molecule has 2 aliphatic rings. The van der Waals surface area contributed by atoms with E-state index in [4.69, 9.17) is 9.47 Å². The van der Waals surface area contributed by atoms with Crippen molar-refractivity contribution in [2.24, 2.45) is 0 Å². The predicted molar refractivity (Wildman–Crippen MR) is 108 cm³/mol. The Morgan fingerprint density at radius 1 is 1.25 bits per heavy atom. The quantitative estimate of drug-likeness (QED) is 0.675. The summed E-state index contributed by atoms with van der Waals surface area (Å²) in [5.74, 6) is 0.979. The van der Waals surface area contributed by atoms with Crippen molar-refractivity contribution in [2.45, 2.75) is 25.9 Å². The topological polar surface area (TPSA) is 69.6 Å². The summed E-state index contributed by atoms with van der Waals surface area (Å²) in [7, 11) is 0. The summed E-state index contributed by atoms with van der Waals surface area (Å²) in [5, 5.41) is 3.42. The third-order valence-electron chi connectivity index (χ3n) is 5.29. The largest absolute Gasteiger partial charge is 0.454 e. The van der Waals surface area contributed by atoms with Gasteiger partial charge in [-0.1, -0.05) is 22.0 Å². The maximum absolute atomic E-state index is 13.0. The summed E-state index contributed by atoms with van der Waals surface area (Å²) in [6.45, 7) is 2.59. The second-order valence-corrected chi connectivity index (χ2v) is 8.08. The van der Waals surface area contributed by atoms with E-state index in [9.17, 15) is 9.59 Å². The summed E-state index contributed by atoms with van der Waals surface area (Å²) in [6, 6.07) is 9.56. The summed E-state index contributed by atoms with van der Waals surface area (Å²) in [6.07, 6.45) is 2.53. The van der Waals surface area contributed by atoms with Crippen LogP contribution in [-0.2, 0) is 13.0 Å². The molecule has 0 radical (unpaired) electrons. The molecule has 0 saturated heterocycles. The number of aromatic nitrogens is 1. The highest BCUT2D eigenvalue weighted by atomic mass is 79.9. The van der Waals surface area contributed by atoms with Gasteiger partial charge in [0.05, 0.1) is 5.52 Å². The molecular weight excluding hydrogens is 424 g/mol. The maximum atomic E-state index is 13.0. The van der Waals surface area contributed by atoms with Gasteiger partial charge < -0.3 is 19.4 Å². The van der Waals surface area contributed by atoms with E-state index < -0.39 is 0 Å². The van der Waals surface area contributed by atoms with E-state index in [-0.39, 0.29) is 29.7 Å². The second kappa shape index (κ2) is 6.38. The van der Waals surface area contributed by atoms with E-state index >= 15 is 0 Å². The van der Waals surface area contributed by atoms with E-state index in [1.54, 1.807) is 12.3 Å². The van der Waals surface area contributed by atoms with E-state index in [2.05, 4.69) is 28.2 Å². The third kappa shape index (κ3) is 2.69. The van der Waals surface area contributed by atoms with Gasteiger partial charge in [0.25, 0.3) is 5.91 Å². The molecule has 2 aliphatic heterocycles. The molecule has 0 aliphatic carbocycles. The summed E-state index contributed by atoms with van der Waals surface area (Å²) < 4.78 is 13.5. The molecule has 0 fully saturated rings. The van der Waals surface area contributed by atoms with Crippen LogP contribution in [0.25, 0.3) is 10.9 Å². The van der Waals surface area contributed by atoms with Crippen LogP contribution < -0.4 is 20.2 Å². The highest BCUT2D eigenvalue weighted by Crippen LogP contribution is 2.34. The highest BCUT2D eigenvalue weighted by Gasteiger charge is 2.25. The van der Waals surface area contributed by atoms with Gasteiger partial charge in [0.2, 0.25) is 12.2 Å². The number of benzene rings is 2. The van der Waals surface area contributed by atoms with Crippen LogP contribution in [0.5, 0.6) is 11.5 Å². The number of hydrogen-bond donors (Lipinski definition) is 1. The molecule has 7 heteroatoms. The zero-order chi connectivity index (χ0) is 19.4. The molecule has 1 amide bonds. The molecule has 142 valence electrons. The Labute approximate surface area is 169 Å². The van der Waals surface area contributed by atoms with Crippen molar-refractivity contribution < 1.29 is 14.3 Å². The van der Waals surface area contributed by atoms with Crippen molar-refractivity contribution >= 4 is 32.7 Å². The van der Waals surface area contributed by atoms with E-state index in [0.29, 0.717) is 23.4 Å². The number of ether oxygens (including phenoxy) is 2. The minimum absolute atomic E-state index is 0.158. The van der Waals surface area contributed by atoms with Gasteiger partial charge in [-0.3, -0.25) is 9.59 Å². The van der Waals surface area contributed by atoms with Crippen molar-refractivity contribution in [1.82, 2.24) is 9.88 Å². The number of rotatable bonds is 3. The number of hydrogen-bond acceptors (Lipinski definition) is 4. The van der Waals surface area contributed by atoms with Crippen molar-refractivity contribution in [3.05, 3.63) is 67.9 Å². The molecule has 0 saturated carbocycles. The lowest BCUT2D eigenvalue weighted by Gasteiger charge is -2.13. The second-order valence-electron chi connectivity index (χ2n) is 7.16. The zero-order valence-electron chi connectivity index (χ0n) is 15.1. The molecule has 1 aromatic heterocycles. The average molecular weight is 441 g/mol. The Morgan fingerprint density at radius 3 is 2.93 bits per heavy atom. The van der Waals surface area contributed by atoms with Gasteiger partial charge in [0, 0.05) is 28.6 Å². The lowest BCUT2D eigenvalue weighted by atomic mass is 10.1. The van der Waals surface area contributed by atoms with Gasteiger partial charge in [0.1, 0.15) is 5.56 Å². The summed E-state index contributed by atoms with van der Waals surface area (Å²) in [5.41, 5.74) is 2.84. The van der Waals surface area contributed by atoms with Crippen LogP contribution in [0, 0.1) is 0 Å². The standard InChI is InChI=1S/C21H17BrN2O4/c1-11-4-13-6-14(22)7-15-19(13)24(11)9-16(20(15)25)21(26)23-8-12-2-3-17-18(5-12)28-10-27-17/h2-3,5-7,9,11H,4,8,10H2,1H3,(H,23,26)/t11-/m1/s1. The Kier molecular flexibility index (Phi) is 3.94. The first kappa shape index (κ1) is 17.3. The molecule has 0 spiro atoms. The monoisotopic (exact) mass is 440 g/mol. The molecule has 0 bridgehead atoms. The van der Waals surface area contributed by atoms with Crippen molar-refractivity contribution in [2.75, 3.05) is 6.79 Å². The van der Waals surface area contributed by atoms with Gasteiger partial charge in [-0.05, 0) is 48.7 Å². The van der Waals surface area contributed by atoms with E-state index in [0.717, 1.165) is 27.5 Å². The molecule has 0 unspecified atom stereocenters. The summed E-state index contributed by atoms with van der Waals surface area (Å²) >= 11 is 3.48. The van der Waals surface area contributed by atoms with Crippen LogP contribution in [0.15, 0.2) is 45.8 Å². The number of nitrogens with zero attached hydrogens (tertiary/aromatic N) is 1. The van der Waals surface area contributed by atoms with Crippen LogP contribution in [0.2, 0.25) is 0 Å². The molecule has 6 nitrogen and oxygen atoms in total. The Hall–Kier alpha value is -2.80. The fraction of sp³-hybridized carbons (Fsp3) is 0.238. The zero-order valence-corrected chi connectivity index (χ0v) is 16.7. The van der Waals surface area contributed by atoms with Crippen molar-refractivity contribution in [3.63, 3.8) is 0 Å². The first-order chi connectivity index (χ1) is 13.5. The predicted octanol–water partition coefficient (Wildman–Crippen LogP) is 3.54. The molecule has 28 heavy (non-hydrogen) atoms. The van der Waals surface area contributed by atoms with Gasteiger partial charge in [-0.15, -0.1) is 0 Å². The number of carbonyl (C=O) groups is 1. The Balaban J connectivity index is 1.47. The van der Waals surface area contributed by atoms with Crippen molar-refractivity contribution in [3.8, 4) is 11.5 Å². The van der Waals surface area contributed by atoms with Crippen molar-refractivity contribution in [1.29, 1.82) is 0 Å². The number of pyridine rings is 1. The average Bonchev–Trinajstić information content (AvgIpc) is 3.26. The maximum Gasteiger partial charge on any atom is 0.257 e. The van der Waals surface area contributed by atoms with E-state index in [1.807, 2.05) is 28.8 Å². The smallest absolute Gasteiger partial charge is 0.257 e. The van der Waals surface area contributed by atoms with Crippen LogP contribution in [0.4, 0.5) is 0 Å². The Bertz CT molecular complexity index is 1200.